The van der Waals surface area contributed by atoms with Crippen molar-refractivity contribution < 1.29 is 9.53 Å². The molecule has 1 amide bonds. The first kappa shape index (κ1) is 23.2. The molecule has 0 N–H and O–H groups in total. The van der Waals surface area contributed by atoms with Gasteiger partial charge in [-0.05, 0) is 63.5 Å². The average Bonchev–Trinajstić information content (AvgIpc) is 2.78. The van der Waals surface area contributed by atoms with E-state index in [0.717, 1.165) is 52.8 Å². The predicted octanol–water partition coefficient (Wildman–Crippen LogP) is 4.37. The Morgan fingerprint density at radius 2 is 2.13 bits per heavy atom. The van der Waals surface area contributed by atoms with E-state index in [1.54, 1.807) is 6.07 Å². The van der Waals surface area contributed by atoms with Gasteiger partial charge in [-0.1, -0.05) is 22.9 Å². The van der Waals surface area contributed by atoms with Crippen LogP contribution in [0.25, 0.3) is 0 Å². The largest absolute Gasteiger partial charge is 0.492 e. The standard InChI is InChI=1S/C24H29BrN4O2/c1-5-28(4)9-7-17-11-20-19(21(25)12-17)8-10-29(24(20)30)16(3)22-13-23(31-6-2)18(14-26)15-27-22/h11-13,15-16H,5-10H2,1-4H3. The molecule has 31 heavy (non-hydrogen) atoms. The summed E-state index contributed by atoms with van der Waals surface area (Å²) in [4.78, 5) is 22.0. The molecule has 0 radical (unpaired) electrons. The summed E-state index contributed by atoms with van der Waals surface area (Å²) in [6.07, 6.45) is 3.21. The number of carbonyl (C=O) groups is 1. The van der Waals surface area contributed by atoms with Gasteiger partial charge in [0.15, 0.2) is 0 Å². The molecule has 7 heteroatoms. The molecule has 1 aromatic heterocycles. The van der Waals surface area contributed by atoms with Crippen LogP contribution >= 0.6 is 15.9 Å². The highest BCUT2D eigenvalue weighted by Crippen LogP contribution is 2.33. The summed E-state index contributed by atoms with van der Waals surface area (Å²) in [6.45, 7) is 9.02. The first-order valence-electron chi connectivity index (χ1n) is 10.7. The van der Waals surface area contributed by atoms with E-state index in [1.165, 1.54) is 6.20 Å². The molecule has 1 aliphatic rings. The molecule has 2 aromatic rings. The molecule has 1 atom stereocenters. The number of nitriles is 1. The lowest BCUT2D eigenvalue weighted by atomic mass is 9.94. The number of carbonyl (C=O) groups excluding carboxylic acids is 1. The smallest absolute Gasteiger partial charge is 0.254 e. The minimum Gasteiger partial charge on any atom is -0.492 e. The third-order valence-electron chi connectivity index (χ3n) is 5.87. The van der Waals surface area contributed by atoms with Gasteiger partial charge in [-0.2, -0.15) is 5.26 Å². The van der Waals surface area contributed by atoms with Gasteiger partial charge in [0.25, 0.3) is 5.91 Å². The van der Waals surface area contributed by atoms with Gasteiger partial charge >= 0.3 is 0 Å². The maximum Gasteiger partial charge on any atom is 0.254 e. The second-order valence-electron chi connectivity index (χ2n) is 7.82. The Bertz CT molecular complexity index is 1000. The van der Waals surface area contributed by atoms with Crippen LogP contribution in [0.5, 0.6) is 5.75 Å². The molecule has 0 saturated heterocycles. The molecule has 0 saturated carbocycles. The summed E-state index contributed by atoms with van der Waals surface area (Å²) < 4.78 is 6.61. The second-order valence-corrected chi connectivity index (χ2v) is 8.68. The molecule has 0 aliphatic carbocycles. The van der Waals surface area contributed by atoms with Gasteiger partial charge in [0, 0.05) is 35.4 Å². The fourth-order valence-electron chi connectivity index (χ4n) is 3.82. The Kier molecular flexibility index (Phi) is 7.69. The zero-order chi connectivity index (χ0) is 22.5. The molecule has 0 bridgehead atoms. The molecule has 2 heterocycles. The zero-order valence-electron chi connectivity index (χ0n) is 18.6. The van der Waals surface area contributed by atoms with Crippen LogP contribution in [0, 0.1) is 11.3 Å². The Labute approximate surface area is 193 Å². The molecular formula is C24H29BrN4O2. The van der Waals surface area contributed by atoms with E-state index in [4.69, 9.17) is 4.74 Å². The fourth-order valence-corrected chi connectivity index (χ4v) is 4.52. The number of rotatable bonds is 8. The van der Waals surface area contributed by atoms with E-state index in [0.29, 0.717) is 24.5 Å². The molecule has 3 rings (SSSR count). The SMILES string of the molecule is CCOc1cc(C(C)N2CCc3c(Br)cc(CCN(C)CC)cc3C2=O)ncc1C#N. The molecule has 0 fully saturated rings. The van der Waals surface area contributed by atoms with Crippen LogP contribution in [0.1, 0.15) is 59.6 Å². The third-order valence-corrected chi connectivity index (χ3v) is 6.58. The number of benzene rings is 1. The van der Waals surface area contributed by atoms with Gasteiger partial charge in [0.1, 0.15) is 17.4 Å². The van der Waals surface area contributed by atoms with Crippen molar-refractivity contribution in [3.63, 3.8) is 0 Å². The number of hydrogen-bond acceptors (Lipinski definition) is 5. The van der Waals surface area contributed by atoms with Gasteiger partial charge in [0.2, 0.25) is 0 Å². The maximum absolute atomic E-state index is 13.4. The Balaban J connectivity index is 1.87. The van der Waals surface area contributed by atoms with Crippen LogP contribution < -0.4 is 4.74 Å². The Morgan fingerprint density at radius 3 is 2.81 bits per heavy atom. The maximum atomic E-state index is 13.4. The molecule has 164 valence electrons. The van der Waals surface area contributed by atoms with Crippen molar-refractivity contribution >= 4 is 21.8 Å². The van der Waals surface area contributed by atoms with Gasteiger partial charge in [0.05, 0.1) is 18.3 Å². The van der Waals surface area contributed by atoms with Crippen LogP contribution in [0.4, 0.5) is 0 Å². The van der Waals surface area contributed by atoms with E-state index >= 15 is 0 Å². The van der Waals surface area contributed by atoms with E-state index < -0.39 is 0 Å². The molecule has 1 unspecified atom stereocenters. The van der Waals surface area contributed by atoms with Gasteiger partial charge in [-0.3, -0.25) is 9.78 Å². The zero-order valence-corrected chi connectivity index (χ0v) is 20.2. The highest BCUT2D eigenvalue weighted by Gasteiger charge is 2.31. The van der Waals surface area contributed by atoms with Crippen molar-refractivity contribution in [2.45, 2.75) is 39.7 Å². The molecule has 1 aromatic carbocycles. The van der Waals surface area contributed by atoms with Gasteiger partial charge in [-0.15, -0.1) is 0 Å². The summed E-state index contributed by atoms with van der Waals surface area (Å²) >= 11 is 3.69. The van der Waals surface area contributed by atoms with Crippen molar-refractivity contribution in [1.82, 2.24) is 14.8 Å². The van der Waals surface area contributed by atoms with E-state index in [1.807, 2.05) is 24.8 Å². The molecule has 1 aliphatic heterocycles. The van der Waals surface area contributed by atoms with Crippen molar-refractivity contribution in [1.29, 1.82) is 5.26 Å². The van der Waals surface area contributed by atoms with E-state index in [2.05, 4.69) is 51.9 Å². The van der Waals surface area contributed by atoms with Crippen LogP contribution in [-0.2, 0) is 12.8 Å². The highest BCUT2D eigenvalue weighted by molar-refractivity contribution is 9.10. The lowest BCUT2D eigenvalue weighted by Crippen LogP contribution is -2.40. The fraction of sp³-hybridized carbons (Fsp3) is 0.458. The van der Waals surface area contributed by atoms with Crippen molar-refractivity contribution in [2.75, 3.05) is 33.3 Å². The molecule has 6 nitrogen and oxygen atoms in total. The van der Waals surface area contributed by atoms with Gasteiger partial charge < -0.3 is 14.5 Å². The van der Waals surface area contributed by atoms with Crippen LogP contribution in [-0.4, -0.2) is 54.0 Å². The van der Waals surface area contributed by atoms with E-state index in [9.17, 15) is 10.1 Å². The van der Waals surface area contributed by atoms with Crippen LogP contribution in [0.15, 0.2) is 28.9 Å². The van der Waals surface area contributed by atoms with Crippen LogP contribution in [0.3, 0.4) is 0 Å². The number of pyridine rings is 1. The third kappa shape index (κ3) is 5.08. The summed E-state index contributed by atoms with van der Waals surface area (Å²) in [6, 6.07) is 7.86. The summed E-state index contributed by atoms with van der Waals surface area (Å²) in [5, 5.41) is 9.28. The summed E-state index contributed by atoms with van der Waals surface area (Å²) in [5.41, 5.74) is 4.12. The van der Waals surface area contributed by atoms with E-state index in [-0.39, 0.29) is 11.9 Å². The monoisotopic (exact) mass is 484 g/mol. The number of aromatic nitrogens is 1. The quantitative estimate of drug-likeness (QED) is 0.556. The first-order chi connectivity index (χ1) is 14.9. The van der Waals surface area contributed by atoms with Crippen LogP contribution in [0.2, 0.25) is 0 Å². The van der Waals surface area contributed by atoms with Crippen molar-refractivity contribution in [3.8, 4) is 11.8 Å². The van der Waals surface area contributed by atoms with Gasteiger partial charge in [-0.25, -0.2) is 0 Å². The molecule has 0 spiro atoms. The second kappa shape index (κ2) is 10.3. The predicted molar refractivity (Wildman–Crippen MR) is 124 cm³/mol. The minimum atomic E-state index is -0.221. The number of hydrogen-bond donors (Lipinski definition) is 0. The number of amides is 1. The highest BCUT2D eigenvalue weighted by atomic mass is 79.9. The topological polar surface area (TPSA) is 69.5 Å². The number of likely N-dealkylation sites (N-methyl/N-ethyl adjacent to an activating group) is 1. The van der Waals surface area contributed by atoms with Crippen molar-refractivity contribution in [3.05, 3.63) is 56.8 Å². The Morgan fingerprint density at radius 1 is 1.35 bits per heavy atom. The lowest BCUT2D eigenvalue weighted by molar-refractivity contribution is 0.0668. The lowest BCUT2D eigenvalue weighted by Gasteiger charge is -2.34. The number of ether oxygens (including phenoxy) is 1. The summed E-state index contributed by atoms with van der Waals surface area (Å²) in [7, 11) is 2.10. The minimum absolute atomic E-state index is 0.0178. The first-order valence-corrected chi connectivity index (χ1v) is 11.5. The Hall–Kier alpha value is -2.43. The number of nitrogens with zero attached hydrogens (tertiary/aromatic N) is 4. The average molecular weight is 485 g/mol. The van der Waals surface area contributed by atoms with Crippen molar-refractivity contribution in [2.24, 2.45) is 0 Å². The normalized spacial score (nSPS) is 14.4. The number of halogens is 1. The summed E-state index contributed by atoms with van der Waals surface area (Å²) in [5.74, 6) is 0.529. The number of fused-ring (bicyclic) bond motifs is 1. The molecular weight excluding hydrogens is 456 g/mol.